The summed E-state index contributed by atoms with van der Waals surface area (Å²) in [5, 5.41) is 0. The van der Waals surface area contributed by atoms with E-state index in [0.29, 0.717) is 11.3 Å². The number of pyridine rings is 1. The fourth-order valence-electron chi connectivity index (χ4n) is 1.47. The van der Waals surface area contributed by atoms with Gasteiger partial charge in [-0.05, 0) is 12.1 Å². The Labute approximate surface area is 104 Å². The Morgan fingerprint density at radius 3 is 2.39 bits per heavy atom. The molecule has 2 rings (SSSR count). The number of hydrogen-bond donors (Lipinski definition) is 0. The molecule has 0 bridgehead atoms. The lowest BCUT2D eigenvalue weighted by Gasteiger charge is -2.00. The molecular formula is C13H11N3O2. The first-order valence-electron chi connectivity index (χ1n) is 5.50. The van der Waals surface area contributed by atoms with Crippen molar-refractivity contribution in [3.8, 4) is 0 Å². The van der Waals surface area contributed by atoms with Crippen molar-refractivity contribution >= 4 is 11.6 Å². The van der Waals surface area contributed by atoms with Crippen molar-refractivity contribution < 1.29 is 9.59 Å². The predicted octanol–water partition coefficient (Wildman–Crippen LogP) is 1.72. The summed E-state index contributed by atoms with van der Waals surface area (Å²) in [7, 11) is 0. The zero-order chi connectivity index (χ0) is 12.8. The van der Waals surface area contributed by atoms with Crippen molar-refractivity contribution in [2.45, 2.75) is 12.8 Å². The number of carbonyl (C=O) groups excluding carboxylic acids is 2. The number of hydrogen-bond acceptors (Lipinski definition) is 5. The van der Waals surface area contributed by atoms with Crippen LogP contribution in [0.25, 0.3) is 0 Å². The number of nitrogens with zero attached hydrogens (tertiary/aromatic N) is 3. The van der Waals surface area contributed by atoms with Crippen LogP contribution in [0.15, 0.2) is 43.1 Å². The number of ketones is 2. The van der Waals surface area contributed by atoms with Gasteiger partial charge in [-0.2, -0.15) is 0 Å². The zero-order valence-corrected chi connectivity index (χ0v) is 9.61. The summed E-state index contributed by atoms with van der Waals surface area (Å²) in [5.74, 6) is -0.277. The first-order chi connectivity index (χ1) is 8.77. The second-order valence-corrected chi connectivity index (χ2v) is 3.69. The van der Waals surface area contributed by atoms with Crippen molar-refractivity contribution in [1.29, 1.82) is 0 Å². The largest absolute Gasteiger partial charge is 0.294 e. The summed E-state index contributed by atoms with van der Waals surface area (Å²) >= 11 is 0. The van der Waals surface area contributed by atoms with E-state index in [-0.39, 0.29) is 24.4 Å². The lowest BCUT2D eigenvalue weighted by Crippen LogP contribution is -2.07. The normalized spacial score (nSPS) is 10.0. The van der Waals surface area contributed by atoms with Crippen LogP contribution in [0.4, 0.5) is 0 Å². The van der Waals surface area contributed by atoms with Gasteiger partial charge in [-0.15, -0.1) is 0 Å². The van der Waals surface area contributed by atoms with Crippen molar-refractivity contribution in [3.05, 3.63) is 54.4 Å². The van der Waals surface area contributed by atoms with Crippen LogP contribution in [0.3, 0.4) is 0 Å². The molecule has 0 amide bonds. The van der Waals surface area contributed by atoms with Gasteiger partial charge in [0.25, 0.3) is 0 Å². The molecule has 90 valence electrons. The van der Waals surface area contributed by atoms with Crippen molar-refractivity contribution in [1.82, 2.24) is 15.0 Å². The summed E-state index contributed by atoms with van der Waals surface area (Å²) < 4.78 is 0. The van der Waals surface area contributed by atoms with Crippen LogP contribution < -0.4 is 0 Å². The van der Waals surface area contributed by atoms with Gasteiger partial charge in [-0.3, -0.25) is 14.6 Å². The summed E-state index contributed by atoms with van der Waals surface area (Å²) in [4.78, 5) is 34.9. The predicted molar refractivity (Wildman–Crippen MR) is 64.2 cm³/mol. The molecule has 0 saturated heterocycles. The highest BCUT2D eigenvalue weighted by Gasteiger charge is 2.11. The number of rotatable bonds is 5. The molecule has 2 aromatic heterocycles. The van der Waals surface area contributed by atoms with Crippen LogP contribution in [0, 0.1) is 0 Å². The third-order valence-corrected chi connectivity index (χ3v) is 2.41. The van der Waals surface area contributed by atoms with E-state index in [1.54, 1.807) is 24.4 Å². The van der Waals surface area contributed by atoms with Crippen molar-refractivity contribution in [2.24, 2.45) is 0 Å². The van der Waals surface area contributed by atoms with Gasteiger partial charge in [0.15, 0.2) is 11.6 Å². The molecule has 0 saturated carbocycles. The molecule has 5 heteroatoms. The van der Waals surface area contributed by atoms with Gasteiger partial charge in [-0.25, -0.2) is 9.97 Å². The fourth-order valence-corrected chi connectivity index (χ4v) is 1.47. The molecule has 0 atom stereocenters. The Hall–Kier alpha value is -2.43. The maximum absolute atomic E-state index is 11.7. The van der Waals surface area contributed by atoms with Crippen LogP contribution in [0.5, 0.6) is 0 Å². The maximum Gasteiger partial charge on any atom is 0.181 e. The Morgan fingerprint density at radius 1 is 1.00 bits per heavy atom. The molecule has 5 nitrogen and oxygen atoms in total. The van der Waals surface area contributed by atoms with Gasteiger partial charge in [-0.1, -0.05) is 6.07 Å². The van der Waals surface area contributed by atoms with Crippen molar-refractivity contribution in [3.63, 3.8) is 0 Å². The topological polar surface area (TPSA) is 72.8 Å². The highest BCUT2D eigenvalue weighted by molar-refractivity contribution is 6.01. The zero-order valence-electron chi connectivity index (χ0n) is 9.61. The Kier molecular flexibility index (Phi) is 3.86. The highest BCUT2D eigenvalue weighted by Crippen LogP contribution is 2.06. The molecular weight excluding hydrogens is 230 g/mol. The molecule has 0 unspecified atom stereocenters. The molecule has 0 spiro atoms. The van der Waals surface area contributed by atoms with E-state index in [9.17, 15) is 9.59 Å². The summed E-state index contributed by atoms with van der Waals surface area (Å²) in [6.07, 6.45) is 6.09. The van der Waals surface area contributed by atoms with Crippen LogP contribution in [-0.4, -0.2) is 26.5 Å². The maximum atomic E-state index is 11.7. The lowest BCUT2D eigenvalue weighted by molar-refractivity contribution is 0.0914. The molecule has 2 aromatic rings. The molecule has 0 aliphatic rings. The molecule has 0 aliphatic carbocycles. The van der Waals surface area contributed by atoms with Crippen LogP contribution >= 0.6 is 0 Å². The first-order valence-corrected chi connectivity index (χ1v) is 5.50. The third-order valence-electron chi connectivity index (χ3n) is 2.41. The second kappa shape index (κ2) is 5.77. The molecule has 2 heterocycles. The van der Waals surface area contributed by atoms with Gasteiger partial charge in [0.05, 0.1) is 5.56 Å². The Balaban J connectivity index is 1.93. The minimum Gasteiger partial charge on any atom is -0.294 e. The fraction of sp³-hybridized carbons (Fsp3) is 0.154. The average Bonchev–Trinajstić information content (AvgIpc) is 2.46. The molecule has 18 heavy (non-hydrogen) atoms. The number of carbonyl (C=O) groups is 2. The highest BCUT2D eigenvalue weighted by atomic mass is 16.1. The van der Waals surface area contributed by atoms with Gasteiger partial charge >= 0.3 is 0 Å². The van der Waals surface area contributed by atoms with E-state index in [1.165, 1.54) is 18.7 Å². The standard InChI is InChI=1S/C13H11N3O2/c17-12(10-7-14-9-15-8-10)4-5-13(18)11-3-1-2-6-16-11/h1-3,6-9H,4-5H2. The Morgan fingerprint density at radius 2 is 1.72 bits per heavy atom. The van der Waals surface area contributed by atoms with E-state index >= 15 is 0 Å². The van der Waals surface area contributed by atoms with E-state index < -0.39 is 0 Å². The molecule has 0 aromatic carbocycles. The average molecular weight is 241 g/mol. The van der Waals surface area contributed by atoms with Crippen LogP contribution in [0.2, 0.25) is 0 Å². The number of Topliss-reactive ketones (excluding diaryl/α,β-unsaturated/α-hetero) is 2. The van der Waals surface area contributed by atoms with E-state index in [2.05, 4.69) is 15.0 Å². The molecule has 0 aliphatic heterocycles. The van der Waals surface area contributed by atoms with Gasteiger partial charge in [0.2, 0.25) is 0 Å². The summed E-state index contributed by atoms with van der Waals surface area (Å²) in [6, 6.07) is 5.12. The summed E-state index contributed by atoms with van der Waals surface area (Å²) in [6.45, 7) is 0. The molecule has 0 N–H and O–H groups in total. The monoisotopic (exact) mass is 241 g/mol. The van der Waals surface area contributed by atoms with Gasteiger partial charge < -0.3 is 0 Å². The van der Waals surface area contributed by atoms with Crippen LogP contribution in [0.1, 0.15) is 33.7 Å². The third kappa shape index (κ3) is 3.04. The second-order valence-electron chi connectivity index (χ2n) is 3.69. The first kappa shape index (κ1) is 12.0. The van der Waals surface area contributed by atoms with E-state index in [4.69, 9.17) is 0 Å². The van der Waals surface area contributed by atoms with Crippen molar-refractivity contribution in [2.75, 3.05) is 0 Å². The van der Waals surface area contributed by atoms with E-state index in [1.807, 2.05) is 0 Å². The molecule has 0 radical (unpaired) electrons. The Bertz CT molecular complexity index is 489. The minimum atomic E-state index is -0.139. The lowest BCUT2D eigenvalue weighted by atomic mass is 10.1. The van der Waals surface area contributed by atoms with Crippen LogP contribution in [-0.2, 0) is 0 Å². The minimum absolute atomic E-state index is 0.138. The smallest absolute Gasteiger partial charge is 0.181 e. The van der Waals surface area contributed by atoms with Gasteiger partial charge in [0, 0.05) is 31.4 Å². The quantitative estimate of drug-likeness (QED) is 0.745. The van der Waals surface area contributed by atoms with Gasteiger partial charge in [0.1, 0.15) is 12.0 Å². The SMILES string of the molecule is O=C(CCC(=O)c1ccccn1)c1cncnc1. The molecule has 0 fully saturated rings. The summed E-state index contributed by atoms with van der Waals surface area (Å²) in [5.41, 5.74) is 0.806. The van der Waals surface area contributed by atoms with E-state index in [0.717, 1.165) is 0 Å². The number of aromatic nitrogens is 3.